The molecule has 1 spiro atoms. The molecule has 7 fully saturated rings. The second-order valence-electron chi connectivity index (χ2n) is 18.5. The molecule has 0 amide bonds. The van der Waals surface area contributed by atoms with E-state index >= 15 is 0 Å². The van der Waals surface area contributed by atoms with E-state index in [2.05, 4.69) is 17.7 Å². The Morgan fingerprint density at radius 3 is 1.87 bits per heavy atom. The molecular formula is C38H59NaO21S. The topological polar surface area (TPSA) is 341 Å². The third kappa shape index (κ3) is 8.68. The monoisotopic (exact) mass is 906 g/mol. The van der Waals surface area contributed by atoms with Gasteiger partial charge in [-0.25, -0.2) is 8.42 Å². The largest absolute Gasteiger partial charge is 1.00 e. The summed E-state index contributed by atoms with van der Waals surface area (Å²) in [5, 5.41) is 104. The standard InChI is InChI=1S/C38H60O21S.Na/c1-16-11-37-9-5-20-35(2,7-4-8-36(20,3)34(49)57-32-30(59-60(50,51)52)27(47)24(44)18(13-40)54-32)21(37)6-10-38(16,15-37)58-33-29(26(46)23(43)19(14-41)55-33)56-31-28(48)25(45)22(42)17(12-39)53-31;/h17-33,39-48H,1,4-15H2,2-3H3,(H,50,51,52);/q;+1/p-1/t17-,18-,19-,20+,21+,22-,23-,24-,25+,26+,27+,28-,29-,30-,31+,32+,33+,35-,36-,37-,38+;/m1./s1. The zero-order chi connectivity index (χ0) is 43.9. The van der Waals surface area contributed by atoms with E-state index in [0.29, 0.717) is 51.4 Å². The van der Waals surface area contributed by atoms with E-state index in [4.69, 9.17) is 28.4 Å². The van der Waals surface area contributed by atoms with Gasteiger partial charge in [0.2, 0.25) is 16.7 Å². The Labute approximate surface area is 375 Å². The third-order valence-corrected chi connectivity index (χ3v) is 15.6. The van der Waals surface area contributed by atoms with Crippen molar-refractivity contribution >= 4 is 16.4 Å². The molecule has 3 aliphatic heterocycles. The van der Waals surface area contributed by atoms with Gasteiger partial charge in [0.25, 0.3) is 0 Å². The Balaban J connectivity index is 0.00000622. The van der Waals surface area contributed by atoms with Crippen LogP contribution < -0.4 is 29.6 Å². The molecule has 4 saturated carbocycles. The zero-order valence-electron chi connectivity index (χ0n) is 34.4. The van der Waals surface area contributed by atoms with E-state index in [9.17, 15) is 68.8 Å². The molecule has 3 heterocycles. The molecule has 7 aliphatic rings. The van der Waals surface area contributed by atoms with Gasteiger partial charge in [0.05, 0.1) is 30.8 Å². The van der Waals surface area contributed by atoms with Crippen LogP contribution in [0.5, 0.6) is 0 Å². The van der Waals surface area contributed by atoms with Crippen LogP contribution in [0.15, 0.2) is 12.2 Å². The quantitative estimate of drug-likeness (QED) is 0.0230. The van der Waals surface area contributed by atoms with Crippen molar-refractivity contribution in [1.82, 2.24) is 0 Å². The Kier molecular flexibility index (Phi) is 15.0. The van der Waals surface area contributed by atoms with Crippen LogP contribution in [0.3, 0.4) is 0 Å². The van der Waals surface area contributed by atoms with Gasteiger partial charge in [-0.1, -0.05) is 19.9 Å². The van der Waals surface area contributed by atoms with Gasteiger partial charge in [0.1, 0.15) is 67.1 Å². The number of aliphatic hydroxyl groups is 10. The number of carbonyl (C=O) groups excluding carboxylic acids is 1. The van der Waals surface area contributed by atoms with Crippen LogP contribution in [0.25, 0.3) is 0 Å². The zero-order valence-corrected chi connectivity index (χ0v) is 37.2. The van der Waals surface area contributed by atoms with E-state index in [1.807, 2.05) is 0 Å². The maximum absolute atomic E-state index is 14.3. The molecule has 344 valence electrons. The van der Waals surface area contributed by atoms with E-state index in [0.717, 1.165) is 12.0 Å². The second-order valence-corrected chi connectivity index (χ2v) is 19.5. The van der Waals surface area contributed by atoms with Crippen LogP contribution in [0, 0.1) is 28.1 Å². The van der Waals surface area contributed by atoms with Gasteiger partial charge in [0, 0.05) is 0 Å². The summed E-state index contributed by atoms with van der Waals surface area (Å²) < 4.78 is 74.7. The average Bonchev–Trinajstić information content (AvgIpc) is 3.39. The summed E-state index contributed by atoms with van der Waals surface area (Å²) >= 11 is 0. The van der Waals surface area contributed by atoms with Crippen LogP contribution in [-0.2, 0) is 47.8 Å². The van der Waals surface area contributed by atoms with E-state index < -0.39 is 145 Å². The fourth-order valence-corrected chi connectivity index (χ4v) is 12.7. The number of ether oxygens (including phenoxy) is 6. The van der Waals surface area contributed by atoms with Crippen LogP contribution in [0.1, 0.15) is 71.6 Å². The molecule has 10 N–H and O–H groups in total. The summed E-state index contributed by atoms with van der Waals surface area (Å²) in [6, 6.07) is 0. The molecule has 2 bridgehead atoms. The smallest absolute Gasteiger partial charge is 0.726 e. The second kappa shape index (κ2) is 18.3. The first-order chi connectivity index (χ1) is 28.1. The molecule has 21 atom stereocenters. The number of esters is 1. The van der Waals surface area contributed by atoms with Crippen molar-refractivity contribution in [3.63, 3.8) is 0 Å². The molecule has 0 aromatic heterocycles. The van der Waals surface area contributed by atoms with Crippen molar-refractivity contribution in [3.8, 4) is 0 Å². The molecule has 3 saturated heterocycles. The maximum Gasteiger partial charge on any atom is 1.00 e. The van der Waals surface area contributed by atoms with Gasteiger partial charge < -0.3 is 84.0 Å². The van der Waals surface area contributed by atoms with Crippen molar-refractivity contribution in [1.29, 1.82) is 0 Å². The summed E-state index contributed by atoms with van der Waals surface area (Å²) in [5.74, 6) is -1.05. The number of fused-ring (bicyclic) bond motifs is 3. The number of hydrogen-bond donors (Lipinski definition) is 10. The van der Waals surface area contributed by atoms with Crippen molar-refractivity contribution in [2.24, 2.45) is 28.1 Å². The summed E-state index contributed by atoms with van der Waals surface area (Å²) in [5.41, 5.74) is -2.35. The molecule has 61 heavy (non-hydrogen) atoms. The Bertz CT molecular complexity index is 1710. The first kappa shape index (κ1) is 49.9. The molecule has 0 aromatic carbocycles. The Morgan fingerprint density at radius 1 is 0.738 bits per heavy atom. The molecule has 0 unspecified atom stereocenters. The predicted molar refractivity (Wildman–Crippen MR) is 195 cm³/mol. The molecule has 0 aromatic rings. The molecule has 21 nitrogen and oxygen atoms in total. The minimum atomic E-state index is -5.47. The first-order valence-electron chi connectivity index (χ1n) is 20.5. The van der Waals surface area contributed by atoms with Crippen molar-refractivity contribution in [2.75, 3.05) is 19.8 Å². The van der Waals surface area contributed by atoms with E-state index in [1.54, 1.807) is 6.92 Å². The summed E-state index contributed by atoms with van der Waals surface area (Å²) in [6.45, 7) is 6.05. The van der Waals surface area contributed by atoms with Gasteiger partial charge in [-0.05, 0) is 86.5 Å². The summed E-state index contributed by atoms with van der Waals surface area (Å²) in [7, 11) is -5.47. The van der Waals surface area contributed by atoms with Gasteiger partial charge in [-0.3, -0.25) is 8.98 Å². The molecule has 4 aliphatic carbocycles. The number of rotatable bonds is 11. The van der Waals surface area contributed by atoms with Gasteiger partial charge >= 0.3 is 35.5 Å². The summed E-state index contributed by atoms with van der Waals surface area (Å²) in [4.78, 5) is 14.3. The molecular weight excluding hydrogens is 847 g/mol. The van der Waals surface area contributed by atoms with Crippen molar-refractivity contribution < 1.29 is 131 Å². The number of aliphatic hydroxyl groups excluding tert-OH is 10. The fourth-order valence-electron chi connectivity index (χ4n) is 12.2. The van der Waals surface area contributed by atoms with Crippen LogP contribution in [-0.4, -0.2) is 188 Å². The Hall–Kier alpha value is -0.520. The molecule has 0 radical (unpaired) electrons. The van der Waals surface area contributed by atoms with Crippen LogP contribution in [0.4, 0.5) is 0 Å². The normalized spacial score (nSPS) is 51.2. The van der Waals surface area contributed by atoms with Gasteiger partial charge in [0.15, 0.2) is 18.7 Å². The molecule has 23 heteroatoms. The Morgan fingerprint density at radius 2 is 1.28 bits per heavy atom. The number of hydrogen-bond acceptors (Lipinski definition) is 21. The minimum absolute atomic E-state index is 0. The fraction of sp³-hybridized carbons (Fsp3) is 0.921. The van der Waals surface area contributed by atoms with Crippen LogP contribution >= 0.6 is 0 Å². The first-order valence-corrected chi connectivity index (χ1v) is 21.8. The van der Waals surface area contributed by atoms with Crippen molar-refractivity contribution in [2.45, 2.75) is 169 Å². The third-order valence-electron chi connectivity index (χ3n) is 15.2. The number of carbonyl (C=O) groups is 1. The van der Waals surface area contributed by atoms with E-state index in [1.165, 1.54) is 0 Å². The minimum Gasteiger partial charge on any atom is -0.726 e. The predicted octanol–water partition coefficient (Wildman–Crippen LogP) is -6.45. The van der Waals surface area contributed by atoms with Gasteiger partial charge in [-0.15, -0.1) is 0 Å². The summed E-state index contributed by atoms with van der Waals surface area (Å²) in [6.07, 6.45) is -20.8. The van der Waals surface area contributed by atoms with E-state index in [-0.39, 0.29) is 46.8 Å². The maximum atomic E-state index is 14.3. The molecule has 7 rings (SSSR count). The van der Waals surface area contributed by atoms with Crippen LogP contribution in [0.2, 0.25) is 0 Å². The van der Waals surface area contributed by atoms with Gasteiger partial charge in [-0.2, -0.15) is 0 Å². The van der Waals surface area contributed by atoms with Crippen molar-refractivity contribution in [3.05, 3.63) is 12.2 Å². The average molecular weight is 907 g/mol. The SMILES string of the molecule is C=C1C[C@@]23CC[C@H]4[C@@](C)(CCC[C@@]4(C)C(=O)O[C@@H]4O[C@H](CO)[C@@H](O)[C@H](O)[C@H]4OS(=O)(=O)[O-])[C@@H]2CC[C@]1(O[C@@H]1O[C@H](CO)[C@@H](O)[C@H](O)[C@H]1O[C@@H]1O[C@H](CO)[C@@H](O)[C@H](O)[C@H]1O)C3.[Na+].